The van der Waals surface area contributed by atoms with Crippen molar-refractivity contribution in [1.82, 2.24) is 19.5 Å². The minimum Gasteiger partial charge on any atom is -0.309 e. The lowest BCUT2D eigenvalue weighted by atomic mass is 9.97. The first-order valence-electron chi connectivity index (χ1n) is 20.7. The van der Waals surface area contributed by atoms with Crippen molar-refractivity contribution in [2.45, 2.75) is 0 Å². The molecular weight excluding hydrogens is 741 g/mol. The molecule has 2 heterocycles. The van der Waals surface area contributed by atoms with E-state index >= 15 is 0 Å². The summed E-state index contributed by atoms with van der Waals surface area (Å²) in [5.74, 6) is 1.90. The van der Waals surface area contributed by atoms with E-state index in [0.29, 0.717) is 17.5 Å². The molecule has 12 rings (SSSR count). The second kappa shape index (κ2) is 14.3. The van der Waals surface area contributed by atoms with Crippen LogP contribution in [0.25, 0.3) is 116 Å². The van der Waals surface area contributed by atoms with Gasteiger partial charge in [-0.25, -0.2) is 15.0 Å². The number of nitrogens with zero attached hydrogens (tertiary/aromatic N) is 4. The molecule has 12 aromatic rings. The molecule has 0 saturated heterocycles. The van der Waals surface area contributed by atoms with Crippen molar-refractivity contribution in [2.24, 2.45) is 0 Å². The van der Waals surface area contributed by atoms with E-state index in [9.17, 15) is 0 Å². The Kier molecular flexibility index (Phi) is 8.13. The van der Waals surface area contributed by atoms with E-state index in [4.69, 9.17) is 15.0 Å². The first-order chi connectivity index (χ1) is 30.2. The highest BCUT2D eigenvalue weighted by molar-refractivity contribution is 6.17. The molecule has 0 aliphatic carbocycles. The van der Waals surface area contributed by atoms with Gasteiger partial charge in [0.15, 0.2) is 17.5 Å². The largest absolute Gasteiger partial charge is 0.309 e. The molecule has 0 aliphatic heterocycles. The SMILES string of the molecule is c1ccc(-c2ccc3c(c2)c2c(-c4ccccc4)cccc2n3-c2ccc(-c3nc(-c4ccc5ccccc5c4)nc(-c4ccc5ccccc5c4)n3)c3ccccc23)cc1. The molecule has 0 saturated carbocycles. The van der Waals surface area contributed by atoms with E-state index in [1.165, 1.54) is 43.8 Å². The molecule has 0 unspecified atom stereocenters. The zero-order chi connectivity index (χ0) is 40.3. The smallest absolute Gasteiger partial charge is 0.164 e. The first-order valence-corrected chi connectivity index (χ1v) is 20.7. The molecule has 0 fully saturated rings. The van der Waals surface area contributed by atoms with Crippen LogP contribution >= 0.6 is 0 Å². The maximum absolute atomic E-state index is 5.27. The van der Waals surface area contributed by atoms with Crippen LogP contribution in [-0.2, 0) is 0 Å². The summed E-state index contributed by atoms with van der Waals surface area (Å²) in [5.41, 5.74) is 11.0. The topological polar surface area (TPSA) is 43.6 Å². The van der Waals surface area contributed by atoms with Crippen LogP contribution in [0.5, 0.6) is 0 Å². The lowest BCUT2D eigenvalue weighted by Crippen LogP contribution is -2.02. The summed E-state index contributed by atoms with van der Waals surface area (Å²) >= 11 is 0. The quantitative estimate of drug-likeness (QED) is 0.169. The van der Waals surface area contributed by atoms with Crippen molar-refractivity contribution >= 4 is 54.1 Å². The van der Waals surface area contributed by atoms with Crippen LogP contribution in [0.1, 0.15) is 0 Å². The van der Waals surface area contributed by atoms with Gasteiger partial charge in [0.2, 0.25) is 0 Å². The summed E-state index contributed by atoms with van der Waals surface area (Å²) in [6.45, 7) is 0. The van der Waals surface area contributed by atoms with E-state index in [-0.39, 0.29) is 0 Å². The average molecular weight is 777 g/mol. The van der Waals surface area contributed by atoms with Crippen molar-refractivity contribution in [1.29, 1.82) is 0 Å². The van der Waals surface area contributed by atoms with Gasteiger partial charge in [0.1, 0.15) is 0 Å². The van der Waals surface area contributed by atoms with Gasteiger partial charge in [0.05, 0.1) is 16.7 Å². The molecule has 4 heteroatoms. The van der Waals surface area contributed by atoms with Gasteiger partial charge < -0.3 is 4.57 Å². The molecular formula is C57H36N4. The van der Waals surface area contributed by atoms with E-state index < -0.39 is 0 Å². The fraction of sp³-hybridized carbons (Fsp3) is 0. The monoisotopic (exact) mass is 776 g/mol. The average Bonchev–Trinajstić information content (AvgIpc) is 3.67. The van der Waals surface area contributed by atoms with Gasteiger partial charge in [-0.1, -0.05) is 176 Å². The number of benzene rings is 10. The van der Waals surface area contributed by atoms with Crippen LogP contribution in [0, 0.1) is 0 Å². The molecule has 2 aromatic heterocycles. The van der Waals surface area contributed by atoms with Crippen LogP contribution in [0.2, 0.25) is 0 Å². The lowest BCUT2D eigenvalue weighted by molar-refractivity contribution is 1.08. The lowest BCUT2D eigenvalue weighted by Gasteiger charge is -2.15. The third-order valence-electron chi connectivity index (χ3n) is 12.0. The Bertz CT molecular complexity index is 3550. The van der Waals surface area contributed by atoms with Crippen LogP contribution in [-0.4, -0.2) is 19.5 Å². The Morgan fingerprint density at radius 2 is 0.836 bits per heavy atom. The van der Waals surface area contributed by atoms with Gasteiger partial charge in [0.25, 0.3) is 0 Å². The Morgan fingerprint density at radius 1 is 0.279 bits per heavy atom. The number of fused-ring (bicyclic) bond motifs is 6. The van der Waals surface area contributed by atoms with Crippen molar-refractivity contribution < 1.29 is 0 Å². The number of aromatic nitrogens is 4. The molecule has 284 valence electrons. The van der Waals surface area contributed by atoms with Crippen LogP contribution < -0.4 is 0 Å². The Hall–Kier alpha value is -8.21. The van der Waals surface area contributed by atoms with Crippen LogP contribution in [0.4, 0.5) is 0 Å². The predicted molar refractivity (Wildman–Crippen MR) is 254 cm³/mol. The normalized spacial score (nSPS) is 11.6. The molecule has 4 nitrogen and oxygen atoms in total. The summed E-state index contributed by atoms with van der Waals surface area (Å²) < 4.78 is 2.44. The summed E-state index contributed by atoms with van der Waals surface area (Å²) in [5, 5.41) is 9.24. The van der Waals surface area contributed by atoms with Gasteiger partial charge in [0, 0.05) is 32.8 Å². The molecule has 0 bridgehead atoms. The van der Waals surface area contributed by atoms with Crippen LogP contribution in [0.3, 0.4) is 0 Å². The van der Waals surface area contributed by atoms with E-state index in [2.05, 4.69) is 223 Å². The summed E-state index contributed by atoms with van der Waals surface area (Å²) in [7, 11) is 0. The highest BCUT2D eigenvalue weighted by Crippen LogP contribution is 2.42. The summed E-state index contributed by atoms with van der Waals surface area (Å²) in [4.78, 5) is 15.7. The molecule has 0 atom stereocenters. The van der Waals surface area contributed by atoms with E-state index in [0.717, 1.165) is 55.0 Å². The van der Waals surface area contributed by atoms with E-state index in [1.807, 2.05) is 0 Å². The Labute approximate surface area is 352 Å². The minimum atomic E-state index is 0.630. The van der Waals surface area contributed by atoms with Crippen molar-refractivity contribution in [2.75, 3.05) is 0 Å². The third-order valence-corrected chi connectivity index (χ3v) is 12.0. The fourth-order valence-corrected chi connectivity index (χ4v) is 9.08. The summed E-state index contributed by atoms with van der Waals surface area (Å²) in [6, 6.07) is 77.7. The van der Waals surface area contributed by atoms with E-state index in [1.54, 1.807) is 0 Å². The highest BCUT2D eigenvalue weighted by Gasteiger charge is 2.21. The van der Waals surface area contributed by atoms with Gasteiger partial charge in [-0.05, 0) is 91.6 Å². The number of hydrogen-bond donors (Lipinski definition) is 0. The van der Waals surface area contributed by atoms with Crippen molar-refractivity contribution in [3.8, 4) is 62.1 Å². The zero-order valence-corrected chi connectivity index (χ0v) is 33.1. The predicted octanol–water partition coefficient (Wildman–Crippen LogP) is 14.8. The number of hydrogen-bond acceptors (Lipinski definition) is 3. The molecule has 0 N–H and O–H groups in total. The fourth-order valence-electron chi connectivity index (χ4n) is 9.08. The Balaban J connectivity index is 1.09. The van der Waals surface area contributed by atoms with Gasteiger partial charge >= 0.3 is 0 Å². The third kappa shape index (κ3) is 5.96. The second-order valence-electron chi connectivity index (χ2n) is 15.6. The van der Waals surface area contributed by atoms with Gasteiger partial charge in [-0.3, -0.25) is 0 Å². The molecule has 0 aliphatic rings. The molecule has 61 heavy (non-hydrogen) atoms. The first kappa shape index (κ1) is 34.8. The molecule has 0 radical (unpaired) electrons. The maximum atomic E-state index is 5.27. The molecule has 0 spiro atoms. The van der Waals surface area contributed by atoms with Crippen LogP contribution in [0.15, 0.2) is 218 Å². The van der Waals surface area contributed by atoms with Crippen molar-refractivity contribution in [3.05, 3.63) is 218 Å². The van der Waals surface area contributed by atoms with Gasteiger partial charge in [-0.15, -0.1) is 0 Å². The number of rotatable bonds is 6. The molecule has 0 amide bonds. The van der Waals surface area contributed by atoms with Gasteiger partial charge in [-0.2, -0.15) is 0 Å². The summed E-state index contributed by atoms with van der Waals surface area (Å²) in [6.07, 6.45) is 0. The molecule has 10 aromatic carbocycles. The standard InChI is InChI=1S/C57H36N4/c1-3-14-37(15-4-1)43-30-32-52-50(36-43)54-46(40-18-5-2-6-19-40)24-13-25-53(54)61(52)51-33-31-49(47-22-11-12-23-48(47)51)57-59-55(44-28-26-38-16-7-9-20-41(38)34-44)58-56(60-57)45-29-27-39-17-8-10-21-42(39)35-45/h1-36H. The Morgan fingerprint density at radius 3 is 1.51 bits per heavy atom. The maximum Gasteiger partial charge on any atom is 0.164 e. The zero-order valence-electron chi connectivity index (χ0n) is 33.1. The minimum absolute atomic E-state index is 0.630. The highest BCUT2D eigenvalue weighted by atomic mass is 15.0. The van der Waals surface area contributed by atoms with Crippen molar-refractivity contribution in [3.63, 3.8) is 0 Å². The second-order valence-corrected chi connectivity index (χ2v) is 15.6.